The van der Waals surface area contributed by atoms with E-state index in [9.17, 15) is 4.79 Å². The molecule has 0 fully saturated rings. The number of benzene rings is 1. The first-order valence-electron chi connectivity index (χ1n) is 7.84. The third-order valence-electron chi connectivity index (χ3n) is 3.63. The summed E-state index contributed by atoms with van der Waals surface area (Å²) in [7, 11) is 2.03. The second kappa shape index (κ2) is 8.64. The van der Waals surface area contributed by atoms with E-state index < -0.39 is 0 Å². The molecule has 0 bridgehead atoms. The zero-order valence-electron chi connectivity index (χ0n) is 13.9. The van der Waals surface area contributed by atoms with E-state index in [1.54, 1.807) is 11.3 Å². The molecule has 2 aromatic rings. The molecule has 1 aromatic heterocycles. The second-order valence-electron chi connectivity index (χ2n) is 5.45. The van der Waals surface area contributed by atoms with Crippen LogP contribution in [0, 0.1) is 0 Å². The fourth-order valence-electron chi connectivity index (χ4n) is 2.06. The number of carbonyl (C=O) groups is 1. The number of thiazole rings is 1. The topological polar surface area (TPSA) is 57.3 Å². The number of carbonyl (C=O) groups excluding carboxylic acids is 1. The molecule has 0 saturated carbocycles. The van der Waals surface area contributed by atoms with Crippen molar-refractivity contribution in [2.75, 3.05) is 26.7 Å². The highest BCUT2D eigenvalue weighted by Crippen LogP contribution is 2.25. The van der Waals surface area contributed by atoms with Crippen molar-refractivity contribution in [2.45, 2.75) is 19.9 Å². The summed E-state index contributed by atoms with van der Waals surface area (Å²) in [5.74, 6) is 0. The van der Waals surface area contributed by atoms with E-state index in [2.05, 4.69) is 27.4 Å². The Hall–Kier alpha value is -1.92. The number of urea groups is 1. The van der Waals surface area contributed by atoms with Gasteiger partial charge in [0.25, 0.3) is 0 Å². The van der Waals surface area contributed by atoms with E-state index in [1.165, 1.54) is 0 Å². The number of amides is 2. The molecular formula is C17H24N4OS. The molecule has 2 rings (SSSR count). The van der Waals surface area contributed by atoms with Crippen LogP contribution in [0.4, 0.5) is 4.79 Å². The van der Waals surface area contributed by atoms with E-state index in [-0.39, 0.29) is 12.1 Å². The van der Waals surface area contributed by atoms with Gasteiger partial charge in [0, 0.05) is 24.0 Å². The van der Waals surface area contributed by atoms with E-state index in [0.29, 0.717) is 6.54 Å². The molecule has 23 heavy (non-hydrogen) atoms. The van der Waals surface area contributed by atoms with Crippen LogP contribution in [0.25, 0.3) is 11.3 Å². The van der Waals surface area contributed by atoms with Crippen molar-refractivity contribution in [2.24, 2.45) is 0 Å². The number of nitrogens with one attached hydrogen (secondary N) is 2. The Labute approximate surface area is 141 Å². The summed E-state index contributed by atoms with van der Waals surface area (Å²) in [5.41, 5.74) is 2.04. The standard InChI is InChI=1S/C17H24N4OS/c1-4-21(3)11-10-18-17(22)19-13(2)16-20-15(12-23-16)14-8-6-5-7-9-14/h5-9,12-13H,4,10-11H2,1-3H3,(H2,18,19,22). The van der Waals surface area contributed by atoms with Crippen molar-refractivity contribution < 1.29 is 4.79 Å². The smallest absolute Gasteiger partial charge is 0.315 e. The lowest BCUT2D eigenvalue weighted by molar-refractivity contribution is 0.235. The van der Waals surface area contributed by atoms with Crippen molar-refractivity contribution in [1.29, 1.82) is 0 Å². The lowest BCUT2D eigenvalue weighted by Gasteiger charge is -2.16. The Kier molecular flexibility index (Phi) is 6.55. The zero-order chi connectivity index (χ0) is 16.7. The maximum absolute atomic E-state index is 11.9. The van der Waals surface area contributed by atoms with Crippen molar-refractivity contribution in [1.82, 2.24) is 20.5 Å². The summed E-state index contributed by atoms with van der Waals surface area (Å²) in [6.45, 7) is 6.49. The zero-order valence-corrected chi connectivity index (χ0v) is 14.7. The highest BCUT2D eigenvalue weighted by Gasteiger charge is 2.13. The Morgan fingerprint density at radius 1 is 1.35 bits per heavy atom. The normalized spacial score (nSPS) is 12.2. The molecule has 1 aromatic carbocycles. The third-order valence-corrected chi connectivity index (χ3v) is 4.66. The summed E-state index contributed by atoms with van der Waals surface area (Å²) < 4.78 is 0. The molecule has 0 aliphatic rings. The van der Waals surface area contributed by atoms with Crippen LogP contribution in [0.15, 0.2) is 35.7 Å². The number of rotatable bonds is 7. The van der Waals surface area contributed by atoms with Crippen LogP contribution in [0.2, 0.25) is 0 Å². The summed E-state index contributed by atoms with van der Waals surface area (Å²) in [5, 5.41) is 8.74. The molecule has 2 N–H and O–H groups in total. The maximum atomic E-state index is 11.9. The Morgan fingerprint density at radius 3 is 2.78 bits per heavy atom. The van der Waals surface area contributed by atoms with Gasteiger partial charge in [0.2, 0.25) is 0 Å². The summed E-state index contributed by atoms with van der Waals surface area (Å²) in [6.07, 6.45) is 0. The third kappa shape index (κ3) is 5.33. The highest BCUT2D eigenvalue weighted by molar-refractivity contribution is 7.10. The van der Waals surface area contributed by atoms with E-state index in [1.807, 2.05) is 49.7 Å². The highest BCUT2D eigenvalue weighted by atomic mass is 32.1. The van der Waals surface area contributed by atoms with Gasteiger partial charge in [0.1, 0.15) is 5.01 Å². The van der Waals surface area contributed by atoms with Crippen LogP contribution in [0.5, 0.6) is 0 Å². The van der Waals surface area contributed by atoms with Crippen LogP contribution in [0.1, 0.15) is 24.9 Å². The van der Waals surface area contributed by atoms with E-state index in [4.69, 9.17) is 0 Å². The van der Waals surface area contributed by atoms with Gasteiger partial charge in [-0.05, 0) is 20.5 Å². The lowest BCUT2D eigenvalue weighted by Crippen LogP contribution is -2.40. The first-order chi connectivity index (χ1) is 11.1. The van der Waals surface area contributed by atoms with Crippen molar-refractivity contribution >= 4 is 17.4 Å². The van der Waals surface area contributed by atoms with Crippen molar-refractivity contribution in [3.05, 3.63) is 40.7 Å². The quantitative estimate of drug-likeness (QED) is 0.819. The first kappa shape index (κ1) is 17.4. The van der Waals surface area contributed by atoms with Gasteiger partial charge in [-0.1, -0.05) is 37.3 Å². The molecule has 0 aliphatic carbocycles. The molecule has 0 saturated heterocycles. The average molecular weight is 332 g/mol. The Balaban J connectivity index is 1.85. The molecule has 1 unspecified atom stereocenters. The van der Waals surface area contributed by atoms with Gasteiger partial charge in [0.15, 0.2) is 0 Å². The molecule has 124 valence electrons. The van der Waals surface area contributed by atoms with Crippen LogP contribution < -0.4 is 10.6 Å². The average Bonchev–Trinajstić information content (AvgIpc) is 3.05. The Bertz CT molecular complexity index is 614. The van der Waals surface area contributed by atoms with Crippen molar-refractivity contribution in [3.8, 4) is 11.3 Å². The van der Waals surface area contributed by atoms with Gasteiger partial charge < -0.3 is 15.5 Å². The monoisotopic (exact) mass is 332 g/mol. The predicted octanol–water partition coefficient (Wildman–Crippen LogP) is 3.12. The van der Waals surface area contributed by atoms with Gasteiger partial charge in [-0.2, -0.15) is 0 Å². The fraction of sp³-hybridized carbons (Fsp3) is 0.412. The molecule has 2 amide bonds. The SMILES string of the molecule is CCN(C)CCNC(=O)NC(C)c1nc(-c2ccccc2)cs1. The molecule has 1 heterocycles. The van der Waals surface area contributed by atoms with Gasteiger partial charge in [-0.15, -0.1) is 11.3 Å². The number of hydrogen-bond acceptors (Lipinski definition) is 4. The molecule has 0 radical (unpaired) electrons. The molecular weight excluding hydrogens is 308 g/mol. The van der Waals surface area contributed by atoms with E-state index >= 15 is 0 Å². The second-order valence-corrected chi connectivity index (χ2v) is 6.34. The summed E-state index contributed by atoms with van der Waals surface area (Å²) in [6, 6.07) is 9.79. The van der Waals surface area contributed by atoms with Gasteiger partial charge in [0.05, 0.1) is 11.7 Å². The van der Waals surface area contributed by atoms with Gasteiger partial charge in [-0.25, -0.2) is 9.78 Å². The number of nitrogens with zero attached hydrogens (tertiary/aromatic N) is 2. The lowest BCUT2D eigenvalue weighted by atomic mass is 10.2. The summed E-state index contributed by atoms with van der Waals surface area (Å²) in [4.78, 5) is 18.7. The molecule has 5 nitrogen and oxygen atoms in total. The molecule has 0 aliphatic heterocycles. The fourth-order valence-corrected chi connectivity index (χ4v) is 2.89. The first-order valence-corrected chi connectivity index (χ1v) is 8.72. The van der Waals surface area contributed by atoms with Crippen LogP contribution in [-0.2, 0) is 0 Å². The molecule has 6 heteroatoms. The van der Waals surface area contributed by atoms with E-state index in [0.717, 1.165) is 29.4 Å². The predicted molar refractivity (Wildman–Crippen MR) is 95.7 cm³/mol. The van der Waals surface area contributed by atoms with Crippen LogP contribution >= 0.6 is 11.3 Å². The maximum Gasteiger partial charge on any atom is 0.315 e. The van der Waals surface area contributed by atoms with Gasteiger partial charge in [-0.3, -0.25) is 0 Å². The van der Waals surface area contributed by atoms with Gasteiger partial charge >= 0.3 is 6.03 Å². The minimum absolute atomic E-state index is 0.110. The number of aromatic nitrogens is 1. The van der Waals surface area contributed by atoms with Crippen LogP contribution in [0.3, 0.4) is 0 Å². The van der Waals surface area contributed by atoms with Crippen molar-refractivity contribution in [3.63, 3.8) is 0 Å². The Morgan fingerprint density at radius 2 is 2.09 bits per heavy atom. The number of likely N-dealkylation sites (N-methyl/N-ethyl adjacent to an activating group) is 1. The molecule has 0 spiro atoms. The molecule has 1 atom stereocenters. The summed E-state index contributed by atoms with van der Waals surface area (Å²) >= 11 is 1.56. The minimum atomic E-state index is -0.154. The minimum Gasteiger partial charge on any atom is -0.337 e. The largest absolute Gasteiger partial charge is 0.337 e. The number of hydrogen-bond donors (Lipinski definition) is 2. The van der Waals surface area contributed by atoms with Crippen LogP contribution in [-0.4, -0.2) is 42.6 Å².